The summed E-state index contributed by atoms with van der Waals surface area (Å²) in [6, 6.07) is 5.68. The van der Waals surface area contributed by atoms with Gasteiger partial charge in [-0.25, -0.2) is 4.79 Å². The van der Waals surface area contributed by atoms with E-state index in [-0.39, 0.29) is 18.2 Å². The molecule has 110 valence electrons. The maximum absolute atomic E-state index is 12.0. The molecule has 2 aromatic heterocycles. The van der Waals surface area contributed by atoms with Gasteiger partial charge in [-0.3, -0.25) is 4.98 Å². The number of nitrogens with one attached hydrogen (secondary N) is 2. The number of rotatable bonds is 4. The zero-order valence-corrected chi connectivity index (χ0v) is 12.3. The largest absolute Gasteiger partial charge is 0.371 e. The summed E-state index contributed by atoms with van der Waals surface area (Å²) in [5, 5.41) is 9.88. The molecule has 0 aliphatic carbocycles. The van der Waals surface area contributed by atoms with Crippen molar-refractivity contribution in [1.29, 1.82) is 0 Å². The molecule has 6 heteroatoms. The second-order valence-corrected chi connectivity index (χ2v) is 5.71. The molecule has 21 heavy (non-hydrogen) atoms. The van der Waals surface area contributed by atoms with Crippen LogP contribution in [0.25, 0.3) is 0 Å². The maximum Gasteiger partial charge on any atom is 0.315 e. The number of urea groups is 1. The van der Waals surface area contributed by atoms with Crippen molar-refractivity contribution in [3.63, 3.8) is 0 Å². The number of amides is 2. The second-order valence-electron chi connectivity index (χ2n) is 4.93. The van der Waals surface area contributed by atoms with Crippen molar-refractivity contribution in [2.45, 2.75) is 25.1 Å². The molecular formula is C15H17N3O2S. The Labute approximate surface area is 127 Å². The zero-order valence-electron chi connectivity index (χ0n) is 11.5. The van der Waals surface area contributed by atoms with Crippen LogP contribution in [0.2, 0.25) is 0 Å². The summed E-state index contributed by atoms with van der Waals surface area (Å²) in [7, 11) is 0. The average molecular weight is 303 g/mol. The molecule has 0 unspecified atom stereocenters. The van der Waals surface area contributed by atoms with Crippen molar-refractivity contribution < 1.29 is 9.53 Å². The number of ether oxygens (including phenoxy) is 1. The van der Waals surface area contributed by atoms with Gasteiger partial charge in [0.2, 0.25) is 0 Å². The minimum absolute atomic E-state index is 0.0170. The van der Waals surface area contributed by atoms with Gasteiger partial charge in [0.05, 0.1) is 6.04 Å². The van der Waals surface area contributed by atoms with E-state index in [1.165, 1.54) is 0 Å². The second kappa shape index (κ2) is 6.69. The first-order chi connectivity index (χ1) is 10.3. The van der Waals surface area contributed by atoms with Crippen molar-refractivity contribution >= 4 is 17.4 Å². The van der Waals surface area contributed by atoms with Crippen LogP contribution in [0.1, 0.15) is 23.7 Å². The first kappa shape index (κ1) is 14.0. The number of carbonyl (C=O) groups is 1. The van der Waals surface area contributed by atoms with Gasteiger partial charge in [-0.15, -0.1) is 0 Å². The lowest BCUT2D eigenvalue weighted by atomic mass is 10.0. The fraction of sp³-hybridized carbons (Fsp3) is 0.333. The lowest BCUT2D eigenvalue weighted by Gasteiger charge is -2.20. The van der Waals surface area contributed by atoms with Crippen LogP contribution in [0.4, 0.5) is 4.79 Å². The monoisotopic (exact) mass is 303 g/mol. The highest BCUT2D eigenvalue weighted by Crippen LogP contribution is 2.28. The van der Waals surface area contributed by atoms with Crippen LogP contribution in [0.15, 0.2) is 41.4 Å². The van der Waals surface area contributed by atoms with E-state index in [9.17, 15) is 4.79 Å². The van der Waals surface area contributed by atoms with E-state index in [4.69, 9.17) is 4.74 Å². The van der Waals surface area contributed by atoms with Gasteiger partial charge in [0.25, 0.3) is 0 Å². The highest BCUT2D eigenvalue weighted by Gasteiger charge is 2.30. The lowest BCUT2D eigenvalue weighted by molar-refractivity contribution is 0.0996. The third kappa shape index (κ3) is 3.59. The normalized spacial score (nSPS) is 21.1. The SMILES string of the molecule is O=C(NCc1ccsc1)N[C@H]1CCO[C@@H]1c1cccnc1. The van der Waals surface area contributed by atoms with Gasteiger partial charge >= 0.3 is 6.03 Å². The fourth-order valence-corrected chi connectivity index (χ4v) is 3.07. The maximum atomic E-state index is 12.0. The first-order valence-corrected chi connectivity index (χ1v) is 7.84. The minimum Gasteiger partial charge on any atom is -0.371 e. The quantitative estimate of drug-likeness (QED) is 0.912. The highest BCUT2D eigenvalue weighted by atomic mass is 32.1. The number of hydrogen-bond acceptors (Lipinski definition) is 4. The number of aromatic nitrogens is 1. The minimum atomic E-state index is -0.161. The molecule has 5 nitrogen and oxygen atoms in total. The lowest BCUT2D eigenvalue weighted by Crippen LogP contribution is -2.43. The van der Waals surface area contributed by atoms with E-state index in [1.54, 1.807) is 23.7 Å². The van der Waals surface area contributed by atoms with E-state index in [1.807, 2.05) is 29.0 Å². The van der Waals surface area contributed by atoms with Crippen LogP contribution in [0, 0.1) is 0 Å². The number of pyridine rings is 1. The van der Waals surface area contributed by atoms with E-state index in [0.29, 0.717) is 13.2 Å². The molecule has 1 fully saturated rings. The van der Waals surface area contributed by atoms with Crippen molar-refractivity contribution in [2.24, 2.45) is 0 Å². The van der Waals surface area contributed by atoms with Gasteiger partial charge in [-0.2, -0.15) is 11.3 Å². The van der Waals surface area contributed by atoms with E-state index < -0.39 is 0 Å². The van der Waals surface area contributed by atoms with Gasteiger partial charge in [0.15, 0.2) is 0 Å². The van der Waals surface area contributed by atoms with Crippen LogP contribution in [-0.4, -0.2) is 23.7 Å². The molecule has 0 spiro atoms. The smallest absolute Gasteiger partial charge is 0.315 e. The number of nitrogens with zero attached hydrogens (tertiary/aromatic N) is 1. The Balaban J connectivity index is 1.55. The summed E-state index contributed by atoms with van der Waals surface area (Å²) in [5.41, 5.74) is 2.11. The summed E-state index contributed by atoms with van der Waals surface area (Å²) in [6.45, 7) is 1.19. The Morgan fingerprint density at radius 3 is 3.19 bits per heavy atom. The van der Waals surface area contributed by atoms with Gasteiger partial charge in [-0.05, 0) is 34.9 Å². The fourth-order valence-electron chi connectivity index (χ4n) is 2.41. The predicted molar refractivity (Wildman–Crippen MR) is 81.0 cm³/mol. The topological polar surface area (TPSA) is 63.2 Å². The van der Waals surface area contributed by atoms with Crippen LogP contribution >= 0.6 is 11.3 Å². The molecule has 1 aliphatic heterocycles. The van der Waals surface area contributed by atoms with Gasteiger partial charge in [0.1, 0.15) is 6.10 Å². The average Bonchev–Trinajstić information content (AvgIpc) is 3.17. The number of hydrogen-bond donors (Lipinski definition) is 2. The third-order valence-electron chi connectivity index (χ3n) is 3.45. The van der Waals surface area contributed by atoms with Crippen LogP contribution in [0.5, 0.6) is 0 Å². The molecule has 0 saturated carbocycles. The Morgan fingerprint density at radius 2 is 2.43 bits per heavy atom. The molecule has 1 aliphatic rings. The van der Waals surface area contributed by atoms with Crippen LogP contribution in [0.3, 0.4) is 0 Å². The first-order valence-electron chi connectivity index (χ1n) is 6.90. The van der Waals surface area contributed by atoms with Crippen molar-refractivity contribution in [2.75, 3.05) is 6.61 Å². The summed E-state index contributed by atoms with van der Waals surface area (Å²) < 4.78 is 5.72. The molecule has 0 bridgehead atoms. The van der Waals surface area contributed by atoms with Gasteiger partial charge < -0.3 is 15.4 Å². The summed E-state index contributed by atoms with van der Waals surface area (Å²) >= 11 is 1.62. The summed E-state index contributed by atoms with van der Waals surface area (Å²) in [4.78, 5) is 16.1. The molecule has 2 N–H and O–H groups in total. The van der Waals surface area contributed by atoms with Crippen molar-refractivity contribution in [3.05, 3.63) is 52.5 Å². The Bertz CT molecular complexity index is 574. The molecule has 3 heterocycles. The third-order valence-corrected chi connectivity index (χ3v) is 4.19. The molecule has 2 amide bonds. The summed E-state index contributed by atoms with van der Waals surface area (Å²) in [6.07, 6.45) is 4.21. The molecule has 2 atom stereocenters. The van der Waals surface area contributed by atoms with E-state index >= 15 is 0 Å². The van der Waals surface area contributed by atoms with Gasteiger partial charge in [-0.1, -0.05) is 6.07 Å². The molecule has 3 rings (SSSR count). The highest BCUT2D eigenvalue weighted by molar-refractivity contribution is 7.07. The van der Waals surface area contributed by atoms with E-state index in [0.717, 1.165) is 17.5 Å². The molecule has 2 aromatic rings. The van der Waals surface area contributed by atoms with Crippen LogP contribution in [-0.2, 0) is 11.3 Å². The number of carbonyl (C=O) groups excluding carboxylic acids is 1. The Hall–Kier alpha value is -1.92. The standard InChI is InChI=1S/C15H17N3O2S/c19-15(17-8-11-4-7-21-10-11)18-13-3-6-20-14(13)12-2-1-5-16-9-12/h1-2,4-5,7,9-10,13-14H,3,6,8H2,(H2,17,18,19)/t13-,14+/m0/s1. The Morgan fingerprint density at radius 1 is 1.48 bits per heavy atom. The predicted octanol–water partition coefficient (Wildman–Crippen LogP) is 2.47. The molecular weight excluding hydrogens is 286 g/mol. The van der Waals surface area contributed by atoms with Crippen molar-refractivity contribution in [1.82, 2.24) is 15.6 Å². The molecule has 0 aromatic carbocycles. The van der Waals surface area contributed by atoms with Crippen LogP contribution < -0.4 is 10.6 Å². The molecule has 1 saturated heterocycles. The van der Waals surface area contributed by atoms with Crippen molar-refractivity contribution in [3.8, 4) is 0 Å². The van der Waals surface area contributed by atoms with Gasteiger partial charge in [0, 0.05) is 31.1 Å². The zero-order chi connectivity index (χ0) is 14.5. The molecule has 0 radical (unpaired) electrons. The Kier molecular flexibility index (Phi) is 4.47. The number of thiophene rings is 1. The van der Waals surface area contributed by atoms with E-state index in [2.05, 4.69) is 15.6 Å². The summed E-state index contributed by atoms with van der Waals surface area (Å²) in [5.74, 6) is 0.